The Morgan fingerprint density at radius 3 is 2.31 bits per heavy atom. The van der Waals surface area contributed by atoms with Gasteiger partial charge in [0, 0.05) is 30.8 Å². The topological polar surface area (TPSA) is 91.4 Å². The van der Waals surface area contributed by atoms with Crippen molar-refractivity contribution < 1.29 is 18.8 Å². The zero-order chi connectivity index (χ0) is 26.2. The number of hydrogen-bond donors (Lipinski definition) is 2. The molecule has 2 N–H and O–H groups in total. The average molecular weight is 491 g/mol. The van der Waals surface area contributed by atoms with Crippen LogP contribution in [0.1, 0.15) is 49.4 Å². The monoisotopic (exact) mass is 490 g/mol. The lowest BCUT2D eigenvalue weighted by atomic mass is 9.99. The first-order chi connectivity index (χ1) is 17.2. The van der Waals surface area contributed by atoms with Crippen LogP contribution in [-0.4, -0.2) is 28.7 Å². The van der Waals surface area contributed by atoms with Crippen LogP contribution in [0.15, 0.2) is 66.9 Å². The van der Waals surface area contributed by atoms with Gasteiger partial charge in [0.05, 0.1) is 0 Å². The number of carbonyl (C=O) groups excluding carboxylic acids is 3. The van der Waals surface area contributed by atoms with Crippen LogP contribution in [0, 0.1) is 19.7 Å². The fourth-order valence-electron chi connectivity index (χ4n) is 3.82. The lowest BCUT2D eigenvalue weighted by Gasteiger charge is -2.33. The summed E-state index contributed by atoms with van der Waals surface area (Å²) in [6, 6.07) is 14.9. The molecule has 7 nitrogen and oxygen atoms in total. The molecule has 0 aliphatic carbocycles. The van der Waals surface area contributed by atoms with Gasteiger partial charge in [-0.05, 0) is 74.7 Å². The molecule has 36 heavy (non-hydrogen) atoms. The minimum atomic E-state index is -1.06. The zero-order valence-corrected chi connectivity index (χ0v) is 20.9. The summed E-state index contributed by atoms with van der Waals surface area (Å²) in [6.07, 6.45) is 1.32. The Morgan fingerprint density at radius 2 is 1.67 bits per heavy atom. The van der Waals surface area contributed by atoms with Crippen molar-refractivity contribution in [2.45, 2.75) is 52.6 Å². The minimum absolute atomic E-state index is 0.0985. The van der Waals surface area contributed by atoms with Gasteiger partial charge in [-0.3, -0.25) is 19.3 Å². The second-order valence-electron chi connectivity index (χ2n) is 8.86. The molecule has 0 fully saturated rings. The van der Waals surface area contributed by atoms with Gasteiger partial charge in [-0.25, -0.2) is 9.37 Å². The first kappa shape index (κ1) is 26.5. The van der Waals surface area contributed by atoms with Gasteiger partial charge in [-0.15, -0.1) is 0 Å². The highest BCUT2D eigenvalue weighted by Crippen LogP contribution is 2.33. The summed E-state index contributed by atoms with van der Waals surface area (Å²) in [7, 11) is 0. The first-order valence-corrected chi connectivity index (χ1v) is 11.8. The van der Waals surface area contributed by atoms with Gasteiger partial charge in [0.15, 0.2) is 0 Å². The Labute approximate surface area is 210 Å². The Balaban J connectivity index is 1.98. The molecule has 0 spiro atoms. The van der Waals surface area contributed by atoms with Gasteiger partial charge >= 0.3 is 0 Å². The van der Waals surface area contributed by atoms with E-state index in [1.54, 1.807) is 30.5 Å². The van der Waals surface area contributed by atoms with E-state index in [4.69, 9.17) is 0 Å². The number of halogens is 1. The van der Waals surface area contributed by atoms with Gasteiger partial charge in [-0.1, -0.05) is 30.3 Å². The number of aryl methyl sites for hydroxylation is 1. The van der Waals surface area contributed by atoms with E-state index in [0.717, 1.165) is 11.1 Å². The van der Waals surface area contributed by atoms with Crippen LogP contribution in [0.5, 0.6) is 0 Å². The van der Waals surface area contributed by atoms with Crippen LogP contribution < -0.4 is 15.5 Å². The molecule has 1 atom stereocenters. The molecule has 1 unspecified atom stereocenters. The molecule has 0 bridgehead atoms. The Hall–Kier alpha value is -4.07. The summed E-state index contributed by atoms with van der Waals surface area (Å²) in [4.78, 5) is 45.2. The van der Waals surface area contributed by atoms with Crippen LogP contribution in [0.4, 0.5) is 15.9 Å². The predicted molar refractivity (Wildman–Crippen MR) is 138 cm³/mol. The number of rotatable bonds is 9. The molecule has 3 rings (SSSR count). The molecular formula is C28H31FN4O3. The van der Waals surface area contributed by atoms with E-state index < -0.39 is 23.7 Å². The highest BCUT2D eigenvalue weighted by molar-refractivity contribution is 6.03. The number of nitrogens with one attached hydrogen (secondary N) is 2. The number of benzene rings is 2. The summed E-state index contributed by atoms with van der Waals surface area (Å²) in [5.41, 5.74) is 2.79. The Kier molecular flexibility index (Phi) is 8.89. The third-order valence-electron chi connectivity index (χ3n) is 5.73. The van der Waals surface area contributed by atoms with Gasteiger partial charge in [0.1, 0.15) is 17.7 Å². The third-order valence-corrected chi connectivity index (χ3v) is 5.73. The summed E-state index contributed by atoms with van der Waals surface area (Å²) in [6.45, 7) is 7.45. The predicted octanol–water partition coefficient (Wildman–Crippen LogP) is 4.86. The standard InChI is InChI=1S/C28H31FN4O3/c1-18(2)31-28(36)27(21-11-13-22(29)14-12-21)33(23-9-7-8-19(3)20(23)4)26(35)16-15-25(34)32-24-10-5-6-17-30-24/h5-14,17-18,27H,15-16H2,1-4H3,(H,31,36)(H,30,32,34). The largest absolute Gasteiger partial charge is 0.352 e. The molecule has 3 amide bonds. The molecule has 0 aliphatic rings. The van der Waals surface area contributed by atoms with E-state index in [0.29, 0.717) is 17.1 Å². The molecular weight excluding hydrogens is 459 g/mol. The first-order valence-electron chi connectivity index (χ1n) is 11.8. The number of nitrogens with zero attached hydrogens (tertiary/aromatic N) is 2. The van der Waals surface area contributed by atoms with E-state index in [1.165, 1.54) is 29.2 Å². The van der Waals surface area contributed by atoms with Crippen molar-refractivity contribution in [3.8, 4) is 0 Å². The van der Waals surface area contributed by atoms with E-state index in [2.05, 4.69) is 15.6 Å². The molecule has 8 heteroatoms. The second-order valence-corrected chi connectivity index (χ2v) is 8.86. The average Bonchev–Trinajstić information content (AvgIpc) is 2.84. The number of anilines is 2. The van der Waals surface area contributed by atoms with Crippen LogP contribution in [-0.2, 0) is 14.4 Å². The smallest absolute Gasteiger partial charge is 0.248 e. The fourth-order valence-corrected chi connectivity index (χ4v) is 3.82. The van der Waals surface area contributed by atoms with Gasteiger partial charge in [0.2, 0.25) is 17.7 Å². The lowest BCUT2D eigenvalue weighted by molar-refractivity contribution is -0.127. The summed E-state index contributed by atoms with van der Waals surface area (Å²) in [5.74, 6) is -1.23. The molecule has 188 valence electrons. The molecule has 2 aromatic carbocycles. The number of pyridine rings is 1. The van der Waals surface area contributed by atoms with Crippen LogP contribution in [0.25, 0.3) is 0 Å². The zero-order valence-electron chi connectivity index (χ0n) is 20.9. The molecule has 0 saturated heterocycles. The maximum absolute atomic E-state index is 13.7. The molecule has 0 saturated carbocycles. The van der Waals surface area contributed by atoms with Gasteiger partial charge in [-0.2, -0.15) is 0 Å². The summed E-state index contributed by atoms with van der Waals surface area (Å²) >= 11 is 0. The van der Waals surface area contributed by atoms with Crippen LogP contribution in [0.3, 0.4) is 0 Å². The highest BCUT2D eigenvalue weighted by Gasteiger charge is 2.34. The summed E-state index contributed by atoms with van der Waals surface area (Å²) < 4.78 is 13.7. The van der Waals surface area contributed by atoms with E-state index in [9.17, 15) is 18.8 Å². The number of amides is 3. The minimum Gasteiger partial charge on any atom is -0.352 e. The number of carbonyl (C=O) groups is 3. The second kappa shape index (κ2) is 12.1. The van der Waals surface area contributed by atoms with Crippen molar-refractivity contribution in [2.75, 3.05) is 10.2 Å². The quantitative estimate of drug-likeness (QED) is 0.448. The molecule has 0 aliphatic heterocycles. The molecule has 1 heterocycles. The van der Waals surface area contributed by atoms with Crippen molar-refractivity contribution >= 4 is 29.2 Å². The fraction of sp³-hybridized carbons (Fsp3) is 0.286. The Bertz CT molecular complexity index is 1210. The maximum atomic E-state index is 13.7. The van der Waals surface area contributed by atoms with Crippen molar-refractivity contribution in [1.82, 2.24) is 10.3 Å². The van der Waals surface area contributed by atoms with E-state index in [-0.39, 0.29) is 24.8 Å². The third kappa shape index (κ3) is 6.75. The van der Waals surface area contributed by atoms with Crippen molar-refractivity contribution in [3.05, 3.63) is 89.4 Å². The van der Waals surface area contributed by atoms with Crippen molar-refractivity contribution in [3.63, 3.8) is 0 Å². The van der Waals surface area contributed by atoms with Crippen molar-refractivity contribution in [1.29, 1.82) is 0 Å². The lowest BCUT2D eigenvalue weighted by Crippen LogP contribution is -2.46. The van der Waals surface area contributed by atoms with E-state index >= 15 is 0 Å². The maximum Gasteiger partial charge on any atom is 0.248 e. The Morgan fingerprint density at radius 1 is 0.944 bits per heavy atom. The number of hydrogen-bond acceptors (Lipinski definition) is 4. The highest BCUT2D eigenvalue weighted by atomic mass is 19.1. The summed E-state index contributed by atoms with van der Waals surface area (Å²) in [5, 5.41) is 5.55. The number of aromatic nitrogens is 1. The van der Waals surface area contributed by atoms with Gasteiger partial charge in [0.25, 0.3) is 0 Å². The molecule has 0 radical (unpaired) electrons. The molecule has 1 aromatic heterocycles. The van der Waals surface area contributed by atoms with Gasteiger partial charge < -0.3 is 10.6 Å². The van der Waals surface area contributed by atoms with Crippen LogP contribution in [0.2, 0.25) is 0 Å². The van der Waals surface area contributed by atoms with Crippen LogP contribution >= 0.6 is 0 Å². The van der Waals surface area contributed by atoms with Crippen molar-refractivity contribution in [2.24, 2.45) is 0 Å². The normalized spacial score (nSPS) is 11.6. The molecule has 3 aromatic rings. The van der Waals surface area contributed by atoms with E-state index in [1.807, 2.05) is 39.8 Å². The SMILES string of the molecule is Cc1cccc(N(C(=O)CCC(=O)Nc2ccccn2)C(C(=O)NC(C)C)c2ccc(F)cc2)c1C.